The van der Waals surface area contributed by atoms with E-state index in [-0.39, 0.29) is 21.3 Å². The number of nitrogens with one attached hydrogen (secondary N) is 1. The molecule has 0 aliphatic heterocycles. The van der Waals surface area contributed by atoms with Gasteiger partial charge in [0.15, 0.2) is 0 Å². The third-order valence-corrected chi connectivity index (χ3v) is 4.25. The zero-order valence-corrected chi connectivity index (χ0v) is 11.8. The number of nitrogen functional groups attached to an aromatic ring is 1. The highest BCUT2D eigenvalue weighted by atomic mass is 35.5. The highest BCUT2D eigenvalue weighted by Crippen LogP contribution is 2.28. The zero-order chi connectivity index (χ0) is 14.0. The second kappa shape index (κ2) is 5.24. The van der Waals surface area contributed by atoms with Crippen molar-refractivity contribution in [2.24, 2.45) is 0 Å². The van der Waals surface area contributed by atoms with Crippen molar-refractivity contribution in [1.82, 2.24) is 4.98 Å². The highest BCUT2D eigenvalue weighted by Gasteiger charge is 2.19. The molecule has 8 heteroatoms. The molecule has 1 aromatic carbocycles. The summed E-state index contributed by atoms with van der Waals surface area (Å²) in [6.07, 6.45) is 2.57. The monoisotopic (exact) mass is 317 g/mol. The van der Waals surface area contributed by atoms with E-state index < -0.39 is 10.0 Å². The van der Waals surface area contributed by atoms with Crippen LogP contribution in [0.25, 0.3) is 0 Å². The van der Waals surface area contributed by atoms with E-state index in [1.165, 1.54) is 24.4 Å². The summed E-state index contributed by atoms with van der Waals surface area (Å²) in [5, 5.41) is 0.594. The Morgan fingerprint density at radius 1 is 1.21 bits per heavy atom. The summed E-state index contributed by atoms with van der Waals surface area (Å²) in [5.41, 5.74) is 5.89. The third kappa shape index (κ3) is 3.09. The van der Waals surface area contributed by atoms with Crippen LogP contribution in [0.5, 0.6) is 0 Å². The number of rotatable bonds is 3. The Bertz CT molecular complexity index is 720. The second-order valence-electron chi connectivity index (χ2n) is 3.64. The van der Waals surface area contributed by atoms with E-state index in [1.54, 1.807) is 6.07 Å². The van der Waals surface area contributed by atoms with Crippen LogP contribution >= 0.6 is 23.2 Å². The lowest BCUT2D eigenvalue weighted by Crippen LogP contribution is -2.15. The van der Waals surface area contributed by atoms with Gasteiger partial charge in [0, 0.05) is 17.4 Å². The Morgan fingerprint density at radius 3 is 2.63 bits per heavy atom. The molecule has 5 nitrogen and oxygen atoms in total. The first-order valence-electron chi connectivity index (χ1n) is 5.07. The van der Waals surface area contributed by atoms with Crippen molar-refractivity contribution >= 4 is 44.6 Å². The molecule has 2 rings (SSSR count). The molecule has 2 aromatic rings. The maximum Gasteiger partial charge on any atom is 0.265 e. The van der Waals surface area contributed by atoms with Crippen LogP contribution in [0, 0.1) is 0 Å². The largest absolute Gasteiger partial charge is 0.398 e. The van der Waals surface area contributed by atoms with Crippen molar-refractivity contribution < 1.29 is 8.42 Å². The lowest BCUT2D eigenvalue weighted by molar-refractivity contribution is 0.601. The van der Waals surface area contributed by atoms with Gasteiger partial charge in [-0.05, 0) is 24.3 Å². The minimum atomic E-state index is -3.86. The van der Waals surface area contributed by atoms with Gasteiger partial charge in [0.05, 0.1) is 16.4 Å². The van der Waals surface area contributed by atoms with Gasteiger partial charge in [-0.15, -0.1) is 0 Å². The number of sulfonamides is 1. The van der Waals surface area contributed by atoms with Gasteiger partial charge < -0.3 is 5.73 Å². The van der Waals surface area contributed by atoms with Crippen LogP contribution in [0.1, 0.15) is 0 Å². The van der Waals surface area contributed by atoms with Crippen LogP contribution in [0.15, 0.2) is 41.6 Å². The fourth-order valence-corrected chi connectivity index (χ4v) is 2.93. The molecule has 3 N–H and O–H groups in total. The summed E-state index contributed by atoms with van der Waals surface area (Å²) in [6.45, 7) is 0. The van der Waals surface area contributed by atoms with E-state index in [9.17, 15) is 8.42 Å². The number of halogens is 2. The number of hydrogen-bond acceptors (Lipinski definition) is 4. The summed E-state index contributed by atoms with van der Waals surface area (Å²) in [7, 11) is -3.86. The topological polar surface area (TPSA) is 85.1 Å². The van der Waals surface area contributed by atoms with Crippen molar-refractivity contribution in [3.05, 3.63) is 46.7 Å². The lowest BCUT2D eigenvalue weighted by Gasteiger charge is -2.11. The van der Waals surface area contributed by atoms with E-state index in [2.05, 4.69) is 9.71 Å². The van der Waals surface area contributed by atoms with Crippen molar-refractivity contribution in [2.45, 2.75) is 4.90 Å². The quantitative estimate of drug-likeness (QED) is 0.911. The molecule has 100 valence electrons. The molecule has 0 unspecified atom stereocenters. The molecular weight excluding hydrogens is 309 g/mol. The normalized spacial score (nSPS) is 11.3. The number of pyridine rings is 1. The van der Waals surface area contributed by atoms with Crippen LogP contribution in [0.4, 0.5) is 11.4 Å². The standard InChI is InChI=1S/C11H9Cl2N3O2S/c12-7-1-2-8(13)10(5-7)16-19(17,18)11-6-15-4-3-9(11)14/h1-6,16H,(H2,14,15). The molecule has 19 heavy (non-hydrogen) atoms. The first kappa shape index (κ1) is 13.9. The number of nitrogens with zero attached hydrogens (tertiary/aromatic N) is 1. The van der Waals surface area contributed by atoms with Crippen molar-refractivity contribution in [3.63, 3.8) is 0 Å². The van der Waals surface area contributed by atoms with Crippen LogP contribution < -0.4 is 10.5 Å². The third-order valence-electron chi connectivity index (χ3n) is 2.28. The average Bonchev–Trinajstić information content (AvgIpc) is 2.34. The van der Waals surface area contributed by atoms with Gasteiger partial charge in [-0.3, -0.25) is 9.71 Å². The Balaban J connectivity index is 2.43. The smallest absolute Gasteiger partial charge is 0.265 e. The Hall–Kier alpha value is -1.50. The van der Waals surface area contributed by atoms with Crippen LogP contribution in [-0.2, 0) is 10.0 Å². The predicted molar refractivity (Wildman–Crippen MR) is 75.9 cm³/mol. The minimum absolute atomic E-state index is 0.0978. The highest BCUT2D eigenvalue weighted by molar-refractivity contribution is 7.92. The van der Waals surface area contributed by atoms with Gasteiger partial charge in [-0.25, -0.2) is 8.42 Å². The first-order chi connectivity index (χ1) is 8.90. The summed E-state index contributed by atoms with van der Waals surface area (Å²) in [5.74, 6) is 0. The molecule has 0 aliphatic carbocycles. The number of nitrogens with two attached hydrogens (primary N) is 1. The molecule has 0 saturated carbocycles. The van der Waals surface area contributed by atoms with Gasteiger partial charge in [0.25, 0.3) is 10.0 Å². The molecule has 0 bridgehead atoms. The SMILES string of the molecule is Nc1ccncc1S(=O)(=O)Nc1cc(Cl)ccc1Cl. The van der Waals surface area contributed by atoms with E-state index in [0.717, 1.165) is 6.20 Å². The van der Waals surface area contributed by atoms with Gasteiger partial charge in [0.2, 0.25) is 0 Å². The molecular formula is C11H9Cl2N3O2S. The number of aromatic nitrogens is 1. The minimum Gasteiger partial charge on any atom is -0.398 e. The number of anilines is 2. The Morgan fingerprint density at radius 2 is 1.95 bits per heavy atom. The fraction of sp³-hybridized carbons (Fsp3) is 0. The van der Waals surface area contributed by atoms with Crippen molar-refractivity contribution in [3.8, 4) is 0 Å². The molecule has 0 spiro atoms. The number of benzene rings is 1. The Labute approximate surface area is 120 Å². The van der Waals surface area contributed by atoms with Crippen molar-refractivity contribution in [2.75, 3.05) is 10.5 Å². The molecule has 0 fully saturated rings. The number of hydrogen-bond donors (Lipinski definition) is 2. The predicted octanol–water partition coefficient (Wildman–Crippen LogP) is 2.77. The lowest BCUT2D eigenvalue weighted by atomic mass is 10.3. The molecule has 1 heterocycles. The average molecular weight is 318 g/mol. The van der Waals surface area contributed by atoms with E-state index >= 15 is 0 Å². The fourth-order valence-electron chi connectivity index (χ4n) is 1.39. The first-order valence-corrected chi connectivity index (χ1v) is 7.31. The van der Waals surface area contributed by atoms with E-state index in [0.29, 0.717) is 5.02 Å². The maximum absolute atomic E-state index is 12.2. The summed E-state index contributed by atoms with van der Waals surface area (Å²) in [4.78, 5) is 3.62. The van der Waals surface area contributed by atoms with Crippen LogP contribution in [-0.4, -0.2) is 13.4 Å². The molecule has 1 aromatic heterocycles. The van der Waals surface area contributed by atoms with Gasteiger partial charge in [-0.2, -0.15) is 0 Å². The van der Waals surface area contributed by atoms with E-state index in [1.807, 2.05) is 0 Å². The van der Waals surface area contributed by atoms with Gasteiger partial charge in [0.1, 0.15) is 4.90 Å². The maximum atomic E-state index is 12.2. The zero-order valence-electron chi connectivity index (χ0n) is 9.47. The van der Waals surface area contributed by atoms with Gasteiger partial charge >= 0.3 is 0 Å². The van der Waals surface area contributed by atoms with Crippen LogP contribution in [0.3, 0.4) is 0 Å². The molecule has 0 radical (unpaired) electrons. The summed E-state index contributed by atoms with van der Waals surface area (Å²) >= 11 is 11.7. The molecule has 0 atom stereocenters. The molecule has 0 amide bonds. The summed E-state index contributed by atoms with van der Waals surface area (Å²) in [6, 6.07) is 5.86. The molecule has 0 aliphatic rings. The van der Waals surface area contributed by atoms with Gasteiger partial charge in [-0.1, -0.05) is 23.2 Å². The Kier molecular flexibility index (Phi) is 3.84. The van der Waals surface area contributed by atoms with Crippen LogP contribution in [0.2, 0.25) is 10.0 Å². The van der Waals surface area contributed by atoms with Crippen molar-refractivity contribution in [1.29, 1.82) is 0 Å². The molecule has 0 saturated heterocycles. The summed E-state index contributed by atoms with van der Waals surface area (Å²) < 4.78 is 26.6. The van der Waals surface area contributed by atoms with E-state index in [4.69, 9.17) is 28.9 Å². The second-order valence-corrected chi connectivity index (χ2v) is 6.14.